The van der Waals surface area contributed by atoms with Crippen molar-refractivity contribution in [2.45, 2.75) is 18.9 Å². The summed E-state index contributed by atoms with van der Waals surface area (Å²) < 4.78 is 5.87. The summed E-state index contributed by atoms with van der Waals surface area (Å²) in [7, 11) is 0. The molecule has 0 spiro atoms. The predicted octanol–water partition coefficient (Wildman–Crippen LogP) is 0.510. The normalized spacial score (nSPS) is 23.8. The maximum atomic E-state index is 12.6. The van der Waals surface area contributed by atoms with Gasteiger partial charge in [0.2, 0.25) is 17.8 Å². The first-order valence-corrected chi connectivity index (χ1v) is 10.2. The van der Waals surface area contributed by atoms with E-state index in [0.29, 0.717) is 31.3 Å². The van der Waals surface area contributed by atoms with Crippen molar-refractivity contribution in [3.63, 3.8) is 0 Å². The Balaban J connectivity index is 1.40. The van der Waals surface area contributed by atoms with Gasteiger partial charge in [-0.2, -0.15) is 0 Å². The zero-order chi connectivity index (χ0) is 17.9. The number of hydrogen-bond donors (Lipinski definition) is 0. The summed E-state index contributed by atoms with van der Waals surface area (Å²) in [4.78, 5) is 38.9. The lowest BCUT2D eigenvalue weighted by Crippen LogP contribution is -2.47. The topological polar surface area (TPSA) is 78.9 Å². The number of ether oxygens (including phenoxy) is 1. The number of carbonyl (C=O) groups excluding carboxylic acids is 2. The van der Waals surface area contributed by atoms with Gasteiger partial charge in [0.25, 0.3) is 0 Å². The number of nitrogens with zero attached hydrogens (tertiary/aromatic N) is 5. The van der Waals surface area contributed by atoms with Gasteiger partial charge in [-0.05, 0) is 18.9 Å². The molecule has 140 valence electrons. The molecule has 4 heterocycles. The number of amides is 2. The molecule has 3 aliphatic rings. The minimum absolute atomic E-state index is 0.0250. The van der Waals surface area contributed by atoms with E-state index in [9.17, 15) is 9.59 Å². The Morgan fingerprint density at radius 1 is 1.31 bits per heavy atom. The molecule has 0 N–H and O–H groups in total. The number of carbonyl (C=O) groups is 2. The third-order valence-electron chi connectivity index (χ3n) is 4.95. The van der Waals surface area contributed by atoms with Crippen LogP contribution in [0, 0.1) is 0 Å². The monoisotopic (exact) mass is 377 g/mol. The van der Waals surface area contributed by atoms with E-state index < -0.39 is 0 Å². The summed E-state index contributed by atoms with van der Waals surface area (Å²) in [6.45, 7) is 3.62. The zero-order valence-corrected chi connectivity index (χ0v) is 15.5. The average molecular weight is 377 g/mol. The van der Waals surface area contributed by atoms with Crippen molar-refractivity contribution in [3.8, 4) is 0 Å². The Hall–Kier alpha value is -1.87. The van der Waals surface area contributed by atoms with Crippen LogP contribution in [0.25, 0.3) is 0 Å². The Bertz CT molecular complexity index is 682. The SMILES string of the molecule is O=C1CSCN1CC(=O)N1CCOC(c2ccnc(N3CCCC3)n2)C1. The molecule has 4 rings (SSSR count). The smallest absolute Gasteiger partial charge is 0.242 e. The minimum Gasteiger partial charge on any atom is -0.368 e. The van der Waals surface area contributed by atoms with Gasteiger partial charge in [-0.15, -0.1) is 11.8 Å². The van der Waals surface area contributed by atoms with Gasteiger partial charge in [-0.1, -0.05) is 0 Å². The van der Waals surface area contributed by atoms with Gasteiger partial charge in [0.1, 0.15) is 12.6 Å². The molecule has 26 heavy (non-hydrogen) atoms. The predicted molar refractivity (Wildman–Crippen MR) is 97.8 cm³/mol. The maximum absolute atomic E-state index is 12.6. The molecule has 1 atom stereocenters. The van der Waals surface area contributed by atoms with Crippen molar-refractivity contribution in [2.75, 3.05) is 55.9 Å². The summed E-state index contributed by atoms with van der Waals surface area (Å²) in [5, 5.41) is 0. The van der Waals surface area contributed by atoms with Gasteiger partial charge < -0.3 is 19.4 Å². The molecule has 1 aromatic heterocycles. The van der Waals surface area contributed by atoms with E-state index in [-0.39, 0.29) is 24.5 Å². The molecule has 0 radical (unpaired) electrons. The summed E-state index contributed by atoms with van der Waals surface area (Å²) in [6, 6.07) is 1.86. The van der Waals surface area contributed by atoms with Gasteiger partial charge in [0, 0.05) is 25.8 Å². The molecular weight excluding hydrogens is 354 g/mol. The van der Waals surface area contributed by atoms with Crippen LogP contribution in [0.5, 0.6) is 0 Å². The molecule has 1 unspecified atom stereocenters. The van der Waals surface area contributed by atoms with Crippen molar-refractivity contribution in [1.29, 1.82) is 0 Å². The number of hydrogen-bond acceptors (Lipinski definition) is 7. The first-order chi connectivity index (χ1) is 12.7. The fourth-order valence-corrected chi connectivity index (χ4v) is 4.37. The largest absolute Gasteiger partial charge is 0.368 e. The summed E-state index contributed by atoms with van der Waals surface area (Å²) in [5.74, 6) is 1.83. The van der Waals surface area contributed by atoms with Crippen LogP contribution in [0.15, 0.2) is 12.3 Å². The lowest BCUT2D eigenvalue weighted by atomic mass is 10.2. The number of rotatable bonds is 4. The van der Waals surface area contributed by atoms with Crippen LogP contribution in [-0.4, -0.2) is 82.5 Å². The van der Waals surface area contributed by atoms with Gasteiger partial charge >= 0.3 is 0 Å². The molecule has 0 aliphatic carbocycles. The van der Waals surface area contributed by atoms with Crippen molar-refractivity contribution in [2.24, 2.45) is 0 Å². The van der Waals surface area contributed by atoms with Crippen LogP contribution < -0.4 is 4.90 Å². The summed E-state index contributed by atoms with van der Waals surface area (Å²) >= 11 is 1.55. The lowest BCUT2D eigenvalue weighted by molar-refractivity contribution is -0.143. The molecular formula is C17H23N5O3S. The quantitative estimate of drug-likeness (QED) is 0.756. The molecule has 8 nitrogen and oxygen atoms in total. The third kappa shape index (κ3) is 3.78. The fraction of sp³-hybridized carbons (Fsp3) is 0.647. The van der Waals surface area contributed by atoms with Gasteiger partial charge in [-0.3, -0.25) is 9.59 Å². The van der Waals surface area contributed by atoms with E-state index >= 15 is 0 Å². The van der Waals surface area contributed by atoms with Crippen LogP contribution in [0.1, 0.15) is 24.6 Å². The fourth-order valence-electron chi connectivity index (χ4n) is 3.47. The molecule has 0 bridgehead atoms. The van der Waals surface area contributed by atoms with E-state index in [1.165, 1.54) is 12.8 Å². The highest BCUT2D eigenvalue weighted by atomic mass is 32.2. The number of aromatic nitrogens is 2. The second-order valence-corrected chi connectivity index (χ2v) is 7.70. The van der Waals surface area contributed by atoms with Crippen molar-refractivity contribution >= 4 is 29.5 Å². The Kier molecular flexibility index (Phi) is 5.26. The average Bonchev–Trinajstić information content (AvgIpc) is 3.35. The standard InChI is InChI=1S/C17H23N5O3S/c23-15(10-22-12-26-11-16(22)24)21-7-8-25-14(9-21)13-3-4-18-17(19-13)20-5-1-2-6-20/h3-4,14H,1-2,5-12H2. The number of morpholine rings is 1. The first kappa shape index (κ1) is 17.5. The van der Waals surface area contributed by atoms with E-state index in [4.69, 9.17) is 4.74 Å². The van der Waals surface area contributed by atoms with Crippen LogP contribution in [-0.2, 0) is 14.3 Å². The number of thioether (sulfide) groups is 1. The molecule has 9 heteroatoms. The molecule has 0 aromatic carbocycles. The highest BCUT2D eigenvalue weighted by Gasteiger charge is 2.30. The third-order valence-corrected chi connectivity index (χ3v) is 5.90. The minimum atomic E-state index is -0.249. The van der Waals surface area contributed by atoms with Crippen LogP contribution in [0.2, 0.25) is 0 Å². The second kappa shape index (κ2) is 7.79. The van der Waals surface area contributed by atoms with E-state index in [0.717, 1.165) is 24.7 Å². The first-order valence-electron chi connectivity index (χ1n) is 9.03. The molecule has 2 amide bonds. The van der Waals surface area contributed by atoms with Crippen LogP contribution in [0.3, 0.4) is 0 Å². The van der Waals surface area contributed by atoms with Gasteiger partial charge in [0.05, 0.1) is 30.5 Å². The van der Waals surface area contributed by atoms with Gasteiger partial charge in [-0.25, -0.2) is 9.97 Å². The molecule has 3 fully saturated rings. The summed E-state index contributed by atoms with van der Waals surface area (Å²) in [5.41, 5.74) is 0.812. The lowest BCUT2D eigenvalue weighted by Gasteiger charge is -2.33. The molecule has 0 saturated carbocycles. The Morgan fingerprint density at radius 3 is 2.92 bits per heavy atom. The second-order valence-electron chi connectivity index (χ2n) is 6.74. The van der Waals surface area contributed by atoms with E-state index in [2.05, 4.69) is 14.9 Å². The molecule has 3 aliphatic heterocycles. The van der Waals surface area contributed by atoms with Gasteiger partial charge in [0.15, 0.2) is 0 Å². The maximum Gasteiger partial charge on any atom is 0.242 e. The number of anilines is 1. The van der Waals surface area contributed by atoms with Crippen molar-refractivity contribution < 1.29 is 14.3 Å². The Morgan fingerprint density at radius 2 is 2.15 bits per heavy atom. The Labute approximate surface area is 156 Å². The molecule has 1 aromatic rings. The van der Waals surface area contributed by atoms with Crippen molar-refractivity contribution in [3.05, 3.63) is 18.0 Å². The molecule has 3 saturated heterocycles. The summed E-state index contributed by atoms with van der Waals surface area (Å²) in [6.07, 6.45) is 3.85. The van der Waals surface area contributed by atoms with Crippen molar-refractivity contribution in [1.82, 2.24) is 19.8 Å². The van der Waals surface area contributed by atoms with E-state index in [1.807, 2.05) is 6.07 Å². The zero-order valence-electron chi connectivity index (χ0n) is 14.7. The van der Waals surface area contributed by atoms with Crippen LogP contribution >= 0.6 is 11.8 Å². The van der Waals surface area contributed by atoms with E-state index in [1.54, 1.807) is 27.8 Å². The highest BCUT2D eigenvalue weighted by molar-refractivity contribution is 8.00. The highest BCUT2D eigenvalue weighted by Crippen LogP contribution is 2.24. The van der Waals surface area contributed by atoms with Crippen LogP contribution in [0.4, 0.5) is 5.95 Å².